The maximum absolute atomic E-state index is 12.2. The van der Waals surface area contributed by atoms with E-state index >= 15 is 0 Å². The molecule has 0 aliphatic heterocycles. The average Bonchev–Trinajstić information content (AvgIpc) is 2.51. The molecule has 0 aliphatic carbocycles. The van der Waals surface area contributed by atoms with Crippen molar-refractivity contribution >= 4 is 34.2 Å². The van der Waals surface area contributed by atoms with Gasteiger partial charge in [0.25, 0.3) is 5.56 Å². The summed E-state index contributed by atoms with van der Waals surface area (Å²) in [4.78, 5) is 23.9. The molecule has 0 bridgehead atoms. The zero-order valence-electron chi connectivity index (χ0n) is 11.7. The number of hydrogen-bond acceptors (Lipinski definition) is 3. The fraction of sp³-hybridized carbons (Fsp3) is 0.125. The second-order valence-corrected chi connectivity index (χ2v) is 5.24. The molecule has 0 atom stereocenters. The molecular weight excluding hydrogens is 334 g/mol. The van der Waals surface area contributed by atoms with E-state index in [1.165, 1.54) is 17.7 Å². The van der Waals surface area contributed by atoms with Crippen molar-refractivity contribution in [2.45, 2.75) is 6.92 Å². The molecule has 0 radical (unpaired) electrons. The van der Waals surface area contributed by atoms with Crippen LogP contribution in [0.15, 0.2) is 45.7 Å². The number of halogens is 1. The predicted molar refractivity (Wildman–Crippen MR) is 86.1 cm³/mol. The van der Waals surface area contributed by atoms with Gasteiger partial charge in [-0.1, -0.05) is 30.3 Å². The largest absolute Gasteiger partial charge is 0.465 e. The van der Waals surface area contributed by atoms with Crippen molar-refractivity contribution in [3.63, 3.8) is 0 Å². The van der Waals surface area contributed by atoms with Crippen LogP contribution in [0.3, 0.4) is 0 Å². The van der Waals surface area contributed by atoms with Crippen molar-refractivity contribution in [2.75, 3.05) is 7.11 Å². The van der Waals surface area contributed by atoms with Gasteiger partial charge in [0.1, 0.15) is 0 Å². The van der Waals surface area contributed by atoms with Gasteiger partial charge in [-0.25, -0.2) is 4.79 Å². The molecule has 21 heavy (non-hydrogen) atoms. The van der Waals surface area contributed by atoms with Gasteiger partial charge in [0.05, 0.1) is 17.1 Å². The molecule has 0 unspecified atom stereocenters. The second kappa shape index (κ2) is 6.54. The van der Waals surface area contributed by atoms with Crippen LogP contribution in [0.4, 0.5) is 0 Å². The molecule has 0 N–H and O–H groups in total. The quantitative estimate of drug-likeness (QED) is 0.800. The Morgan fingerprint density at radius 1 is 1.29 bits per heavy atom. The first-order valence-corrected chi connectivity index (χ1v) is 7.07. The normalized spacial score (nSPS) is 10.8. The van der Waals surface area contributed by atoms with Crippen LogP contribution >= 0.6 is 15.9 Å². The topological polar surface area (TPSA) is 48.3 Å². The van der Waals surface area contributed by atoms with Gasteiger partial charge in [-0.15, -0.1) is 0 Å². The summed E-state index contributed by atoms with van der Waals surface area (Å²) >= 11 is 3.18. The number of carbonyl (C=O) groups is 1. The van der Waals surface area contributed by atoms with Gasteiger partial charge in [-0.3, -0.25) is 9.36 Å². The number of esters is 1. The zero-order valence-corrected chi connectivity index (χ0v) is 13.3. The fourth-order valence-electron chi connectivity index (χ4n) is 1.91. The van der Waals surface area contributed by atoms with Crippen LogP contribution in [0, 0.1) is 6.92 Å². The lowest BCUT2D eigenvalue weighted by atomic mass is 10.2. The molecule has 4 nitrogen and oxygen atoms in total. The summed E-state index contributed by atoms with van der Waals surface area (Å²) in [6, 6.07) is 11.1. The highest BCUT2D eigenvalue weighted by atomic mass is 79.9. The van der Waals surface area contributed by atoms with E-state index in [0.717, 1.165) is 5.56 Å². The van der Waals surface area contributed by atoms with Gasteiger partial charge in [0.15, 0.2) is 0 Å². The van der Waals surface area contributed by atoms with Gasteiger partial charge < -0.3 is 4.74 Å². The molecular formula is C16H14BrNO3. The first-order chi connectivity index (χ1) is 10.0. The number of rotatable bonds is 3. The molecule has 1 aromatic heterocycles. The minimum Gasteiger partial charge on any atom is -0.465 e. The van der Waals surface area contributed by atoms with Crippen LogP contribution in [0.1, 0.15) is 21.6 Å². The summed E-state index contributed by atoms with van der Waals surface area (Å²) in [7, 11) is 1.31. The summed E-state index contributed by atoms with van der Waals surface area (Å²) in [5.74, 6) is -0.477. The van der Waals surface area contributed by atoms with Gasteiger partial charge in [-0.05, 0) is 40.6 Å². The number of methoxy groups -OCH3 is 1. The molecule has 2 aromatic rings. The maximum atomic E-state index is 12.2. The number of ether oxygens (including phenoxy) is 1. The zero-order chi connectivity index (χ0) is 15.4. The van der Waals surface area contributed by atoms with E-state index < -0.39 is 5.97 Å². The number of carbonyl (C=O) groups excluding carboxylic acids is 1. The lowest BCUT2D eigenvalue weighted by molar-refractivity contribution is 0.0599. The van der Waals surface area contributed by atoms with Crippen LogP contribution in [-0.4, -0.2) is 17.6 Å². The standard InChI is InChI=1S/C16H14BrNO3/c1-11-13(16(20)21-2)10-14(17)15(19)18(11)9-8-12-6-4-3-5-7-12/h3-10H,1-2H3. The van der Waals surface area contributed by atoms with E-state index in [9.17, 15) is 9.59 Å². The Morgan fingerprint density at radius 2 is 1.95 bits per heavy atom. The highest BCUT2D eigenvalue weighted by molar-refractivity contribution is 9.10. The van der Waals surface area contributed by atoms with Gasteiger partial charge >= 0.3 is 5.97 Å². The van der Waals surface area contributed by atoms with E-state index in [-0.39, 0.29) is 5.56 Å². The first kappa shape index (κ1) is 15.3. The third-order valence-electron chi connectivity index (χ3n) is 3.07. The van der Waals surface area contributed by atoms with Crippen molar-refractivity contribution in [3.8, 4) is 0 Å². The number of pyridine rings is 1. The summed E-state index contributed by atoms with van der Waals surface area (Å²) in [6.45, 7) is 1.70. The maximum Gasteiger partial charge on any atom is 0.339 e. The Morgan fingerprint density at radius 3 is 2.57 bits per heavy atom. The molecule has 108 valence electrons. The number of aromatic nitrogens is 1. The van der Waals surface area contributed by atoms with Gasteiger partial charge in [-0.2, -0.15) is 0 Å². The summed E-state index contributed by atoms with van der Waals surface area (Å²) in [6.07, 6.45) is 3.45. The molecule has 0 saturated heterocycles. The highest BCUT2D eigenvalue weighted by Crippen LogP contribution is 2.14. The lowest BCUT2D eigenvalue weighted by Gasteiger charge is -2.10. The van der Waals surface area contributed by atoms with E-state index in [0.29, 0.717) is 15.7 Å². The lowest BCUT2D eigenvalue weighted by Crippen LogP contribution is -2.22. The van der Waals surface area contributed by atoms with Gasteiger partial charge in [0, 0.05) is 11.9 Å². The molecule has 0 aliphatic rings. The summed E-state index contributed by atoms with van der Waals surface area (Å²) in [5.41, 5.74) is 1.61. The SMILES string of the molecule is COC(=O)c1cc(Br)c(=O)n(C=Cc2ccccc2)c1C. The molecule has 0 amide bonds. The van der Waals surface area contributed by atoms with Crippen LogP contribution in [0.5, 0.6) is 0 Å². The van der Waals surface area contributed by atoms with Crippen molar-refractivity contribution in [1.29, 1.82) is 0 Å². The monoisotopic (exact) mass is 347 g/mol. The van der Waals surface area contributed by atoms with Crippen molar-refractivity contribution in [2.24, 2.45) is 0 Å². The molecule has 1 aromatic carbocycles. The fourth-order valence-corrected chi connectivity index (χ4v) is 2.33. The highest BCUT2D eigenvalue weighted by Gasteiger charge is 2.15. The number of hydrogen-bond donors (Lipinski definition) is 0. The minimum atomic E-state index is -0.477. The first-order valence-electron chi connectivity index (χ1n) is 6.28. The van der Waals surface area contributed by atoms with E-state index in [2.05, 4.69) is 15.9 Å². The Hall–Kier alpha value is -2.14. The summed E-state index contributed by atoms with van der Waals surface area (Å²) in [5, 5.41) is 0. The van der Waals surface area contributed by atoms with E-state index in [4.69, 9.17) is 4.74 Å². The Kier molecular flexibility index (Phi) is 4.75. The van der Waals surface area contributed by atoms with Crippen LogP contribution < -0.4 is 5.56 Å². The van der Waals surface area contributed by atoms with Crippen molar-refractivity contribution in [3.05, 3.63) is 68.0 Å². The number of benzene rings is 1. The van der Waals surface area contributed by atoms with Crippen LogP contribution in [0.25, 0.3) is 12.3 Å². The third-order valence-corrected chi connectivity index (χ3v) is 3.63. The molecule has 0 saturated carbocycles. The Balaban J connectivity index is 2.53. The van der Waals surface area contributed by atoms with Crippen LogP contribution in [-0.2, 0) is 4.74 Å². The number of nitrogens with zero attached hydrogens (tertiary/aromatic N) is 1. The smallest absolute Gasteiger partial charge is 0.339 e. The minimum absolute atomic E-state index is 0.229. The third kappa shape index (κ3) is 3.31. The Bertz CT molecular complexity index is 748. The Labute approximate surface area is 130 Å². The molecule has 0 fully saturated rings. The van der Waals surface area contributed by atoms with Crippen LogP contribution in [0.2, 0.25) is 0 Å². The van der Waals surface area contributed by atoms with Crippen molar-refractivity contribution in [1.82, 2.24) is 4.57 Å². The summed E-state index contributed by atoms with van der Waals surface area (Å²) < 4.78 is 6.46. The second-order valence-electron chi connectivity index (χ2n) is 4.38. The average molecular weight is 348 g/mol. The van der Waals surface area contributed by atoms with E-state index in [1.807, 2.05) is 36.4 Å². The van der Waals surface area contributed by atoms with E-state index in [1.54, 1.807) is 13.1 Å². The van der Waals surface area contributed by atoms with Crippen molar-refractivity contribution < 1.29 is 9.53 Å². The molecule has 0 spiro atoms. The molecule has 5 heteroatoms. The molecule has 2 rings (SSSR count). The molecule has 1 heterocycles. The van der Waals surface area contributed by atoms with Gasteiger partial charge in [0.2, 0.25) is 0 Å². The predicted octanol–water partition coefficient (Wildman–Crippen LogP) is 3.33.